The van der Waals surface area contributed by atoms with Crippen molar-refractivity contribution in [2.75, 3.05) is 19.0 Å². The van der Waals surface area contributed by atoms with Crippen molar-refractivity contribution < 1.29 is 19.4 Å². The van der Waals surface area contributed by atoms with E-state index in [0.717, 1.165) is 18.5 Å². The van der Waals surface area contributed by atoms with Crippen LogP contribution in [0.4, 0.5) is 10.8 Å². The zero-order chi connectivity index (χ0) is 17.8. The molecule has 1 amide bonds. The molecule has 1 aliphatic rings. The molecule has 0 bridgehead atoms. The SMILES string of the molecule is COc1ccccc1Nc1nc(C(=O)N2CCCCC2C(=O)O)cs1. The van der Waals surface area contributed by atoms with Gasteiger partial charge in [0.1, 0.15) is 17.5 Å². The first-order valence-corrected chi connectivity index (χ1v) is 8.87. The fourth-order valence-corrected chi connectivity index (χ4v) is 3.57. The van der Waals surface area contributed by atoms with E-state index in [1.165, 1.54) is 16.2 Å². The van der Waals surface area contributed by atoms with Crippen molar-refractivity contribution in [1.82, 2.24) is 9.88 Å². The molecular formula is C17H19N3O4S. The Labute approximate surface area is 149 Å². The molecule has 1 saturated heterocycles. The van der Waals surface area contributed by atoms with Crippen molar-refractivity contribution in [3.05, 3.63) is 35.3 Å². The van der Waals surface area contributed by atoms with Crippen LogP contribution in [-0.4, -0.2) is 46.6 Å². The first-order valence-electron chi connectivity index (χ1n) is 7.99. The maximum Gasteiger partial charge on any atom is 0.326 e. The van der Waals surface area contributed by atoms with Gasteiger partial charge in [-0.2, -0.15) is 0 Å². The van der Waals surface area contributed by atoms with E-state index >= 15 is 0 Å². The molecule has 3 rings (SSSR count). The number of carboxylic acid groups (broad SMARTS) is 1. The fourth-order valence-electron chi connectivity index (χ4n) is 2.87. The molecule has 1 unspecified atom stereocenters. The molecule has 132 valence electrons. The Morgan fingerprint density at radius 3 is 2.92 bits per heavy atom. The molecular weight excluding hydrogens is 342 g/mol. The summed E-state index contributed by atoms with van der Waals surface area (Å²) >= 11 is 1.29. The van der Waals surface area contributed by atoms with Crippen LogP contribution in [0.1, 0.15) is 29.8 Å². The number of methoxy groups -OCH3 is 1. The molecule has 1 atom stereocenters. The first-order chi connectivity index (χ1) is 12.1. The largest absolute Gasteiger partial charge is 0.495 e. The number of thiazole rings is 1. The van der Waals surface area contributed by atoms with Gasteiger partial charge >= 0.3 is 5.97 Å². The van der Waals surface area contributed by atoms with E-state index in [1.54, 1.807) is 12.5 Å². The maximum absolute atomic E-state index is 12.7. The number of ether oxygens (including phenoxy) is 1. The van der Waals surface area contributed by atoms with E-state index in [9.17, 15) is 14.7 Å². The molecule has 2 N–H and O–H groups in total. The van der Waals surface area contributed by atoms with Crippen LogP contribution in [0.25, 0.3) is 0 Å². The van der Waals surface area contributed by atoms with Crippen molar-refractivity contribution >= 4 is 34.0 Å². The molecule has 8 heteroatoms. The third kappa shape index (κ3) is 3.74. The van der Waals surface area contributed by atoms with Gasteiger partial charge in [-0.05, 0) is 31.4 Å². The molecule has 0 radical (unpaired) electrons. The van der Waals surface area contributed by atoms with Crippen LogP contribution >= 0.6 is 11.3 Å². The minimum Gasteiger partial charge on any atom is -0.495 e. The number of anilines is 2. The topological polar surface area (TPSA) is 91.8 Å². The van der Waals surface area contributed by atoms with Crippen LogP contribution in [0.3, 0.4) is 0 Å². The van der Waals surface area contributed by atoms with E-state index in [-0.39, 0.29) is 11.6 Å². The van der Waals surface area contributed by atoms with Crippen LogP contribution in [0, 0.1) is 0 Å². The van der Waals surface area contributed by atoms with Crippen molar-refractivity contribution in [2.45, 2.75) is 25.3 Å². The molecule has 1 aromatic carbocycles. The van der Waals surface area contributed by atoms with Crippen molar-refractivity contribution in [1.29, 1.82) is 0 Å². The number of rotatable bonds is 5. The summed E-state index contributed by atoms with van der Waals surface area (Å²) < 4.78 is 5.28. The van der Waals surface area contributed by atoms with Crippen molar-refractivity contribution in [3.8, 4) is 5.75 Å². The number of likely N-dealkylation sites (tertiary alicyclic amines) is 1. The lowest BCUT2D eigenvalue weighted by Crippen LogP contribution is -2.48. The van der Waals surface area contributed by atoms with E-state index < -0.39 is 12.0 Å². The zero-order valence-electron chi connectivity index (χ0n) is 13.8. The van der Waals surface area contributed by atoms with Crippen molar-refractivity contribution in [2.24, 2.45) is 0 Å². The van der Waals surface area contributed by atoms with Crippen LogP contribution in [0.15, 0.2) is 29.6 Å². The van der Waals surface area contributed by atoms with E-state index in [0.29, 0.717) is 23.8 Å². The van der Waals surface area contributed by atoms with Gasteiger partial charge in [0.2, 0.25) is 0 Å². The molecule has 2 aromatic rings. The summed E-state index contributed by atoms with van der Waals surface area (Å²) in [5, 5.41) is 14.7. The van der Waals surface area contributed by atoms with Gasteiger partial charge in [0, 0.05) is 11.9 Å². The normalized spacial score (nSPS) is 17.2. The smallest absolute Gasteiger partial charge is 0.326 e. The van der Waals surface area contributed by atoms with E-state index in [4.69, 9.17) is 4.74 Å². The highest BCUT2D eigenvalue weighted by molar-refractivity contribution is 7.14. The van der Waals surface area contributed by atoms with Crippen LogP contribution in [0.5, 0.6) is 5.75 Å². The predicted molar refractivity (Wildman–Crippen MR) is 94.7 cm³/mol. The molecule has 0 spiro atoms. The summed E-state index contributed by atoms with van der Waals surface area (Å²) in [6, 6.07) is 6.65. The number of para-hydroxylation sites is 2. The lowest BCUT2D eigenvalue weighted by molar-refractivity contribution is -0.143. The number of hydrogen-bond acceptors (Lipinski definition) is 6. The summed E-state index contributed by atoms with van der Waals surface area (Å²) in [7, 11) is 1.58. The molecule has 25 heavy (non-hydrogen) atoms. The van der Waals surface area contributed by atoms with Gasteiger partial charge in [0.05, 0.1) is 12.8 Å². The second-order valence-electron chi connectivity index (χ2n) is 5.71. The number of hydrogen-bond donors (Lipinski definition) is 2. The number of aliphatic carboxylic acids is 1. The Balaban J connectivity index is 1.76. The van der Waals surface area contributed by atoms with Gasteiger partial charge in [-0.1, -0.05) is 12.1 Å². The number of carboxylic acids is 1. The van der Waals surface area contributed by atoms with Gasteiger partial charge in [0.25, 0.3) is 5.91 Å². The molecule has 7 nitrogen and oxygen atoms in total. The predicted octanol–water partition coefficient (Wildman–Crippen LogP) is 2.97. The molecule has 1 aliphatic heterocycles. The third-order valence-electron chi connectivity index (χ3n) is 4.12. The number of amides is 1. The summed E-state index contributed by atoms with van der Waals surface area (Å²) in [6.45, 7) is 0.447. The average molecular weight is 361 g/mol. The number of piperidine rings is 1. The molecule has 0 saturated carbocycles. The van der Waals surface area contributed by atoms with Crippen LogP contribution < -0.4 is 10.1 Å². The minimum atomic E-state index is -0.962. The second-order valence-corrected chi connectivity index (χ2v) is 6.57. The Hall–Kier alpha value is -2.61. The lowest BCUT2D eigenvalue weighted by Gasteiger charge is -2.32. The quantitative estimate of drug-likeness (QED) is 0.851. The number of carbonyl (C=O) groups is 2. The number of nitrogens with one attached hydrogen (secondary N) is 1. The Bertz CT molecular complexity index is 777. The summed E-state index contributed by atoms with van der Waals surface area (Å²) in [5.74, 6) is -0.625. The van der Waals surface area contributed by atoms with Gasteiger partial charge in [-0.25, -0.2) is 9.78 Å². The molecule has 0 aliphatic carbocycles. The third-order valence-corrected chi connectivity index (χ3v) is 4.88. The van der Waals surface area contributed by atoms with Gasteiger partial charge < -0.3 is 20.1 Å². The monoisotopic (exact) mass is 361 g/mol. The zero-order valence-corrected chi connectivity index (χ0v) is 14.6. The van der Waals surface area contributed by atoms with Crippen LogP contribution in [0.2, 0.25) is 0 Å². The maximum atomic E-state index is 12.7. The van der Waals surface area contributed by atoms with E-state index in [1.807, 2.05) is 24.3 Å². The molecule has 1 fully saturated rings. The van der Waals surface area contributed by atoms with Crippen LogP contribution in [-0.2, 0) is 4.79 Å². The lowest BCUT2D eigenvalue weighted by atomic mass is 10.0. The number of nitrogens with zero attached hydrogens (tertiary/aromatic N) is 2. The van der Waals surface area contributed by atoms with Crippen molar-refractivity contribution in [3.63, 3.8) is 0 Å². The highest BCUT2D eigenvalue weighted by atomic mass is 32.1. The number of carbonyl (C=O) groups excluding carboxylic acids is 1. The fraction of sp³-hybridized carbons (Fsp3) is 0.353. The van der Waals surface area contributed by atoms with Gasteiger partial charge in [-0.3, -0.25) is 4.79 Å². The average Bonchev–Trinajstić information content (AvgIpc) is 3.10. The Kier molecular flexibility index (Phi) is 5.18. The molecule has 2 heterocycles. The summed E-state index contributed by atoms with van der Waals surface area (Å²) in [4.78, 5) is 29.8. The highest BCUT2D eigenvalue weighted by Crippen LogP contribution is 2.29. The second kappa shape index (κ2) is 7.52. The Morgan fingerprint density at radius 1 is 1.36 bits per heavy atom. The van der Waals surface area contributed by atoms with Gasteiger partial charge in [0.15, 0.2) is 5.13 Å². The number of benzene rings is 1. The first kappa shape index (κ1) is 17.2. The van der Waals surface area contributed by atoms with E-state index in [2.05, 4.69) is 10.3 Å². The summed E-state index contributed by atoms with van der Waals surface area (Å²) in [5.41, 5.74) is 1.01. The Morgan fingerprint density at radius 2 is 2.16 bits per heavy atom. The standard InChI is InChI=1S/C17H19N3O4S/c1-24-14-8-3-2-6-11(14)18-17-19-12(10-25-17)15(21)20-9-5-4-7-13(20)16(22)23/h2-3,6,8,10,13H,4-5,7,9H2,1H3,(H,18,19)(H,22,23). The number of aromatic nitrogens is 1. The minimum absolute atomic E-state index is 0.260. The molecule has 1 aromatic heterocycles. The summed E-state index contributed by atoms with van der Waals surface area (Å²) in [6.07, 6.45) is 2.11. The van der Waals surface area contributed by atoms with Gasteiger partial charge in [-0.15, -0.1) is 11.3 Å². The highest BCUT2D eigenvalue weighted by Gasteiger charge is 2.33.